The molecule has 1 aromatic rings. The van der Waals surface area contributed by atoms with Crippen molar-refractivity contribution in [1.82, 2.24) is 9.78 Å². The third kappa shape index (κ3) is 4.00. The molecule has 0 atom stereocenters. The maximum atomic E-state index is 11.5. The Morgan fingerprint density at radius 2 is 2.25 bits per heavy atom. The Morgan fingerprint density at radius 1 is 1.44 bits per heavy atom. The second kappa shape index (κ2) is 6.97. The summed E-state index contributed by atoms with van der Waals surface area (Å²) in [5, 5.41) is 6.85. The van der Waals surface area contributed by atoms with Gasteiger partial charge in [-0.05, 0) is 0 Å². The molecule has 0 aliphatic heterocycles. The summed E-state index contributed by atoms with van der Waals surface area (Å²) in [5.74, 6) is 0. The number of anilines is 1. The van der Waals surface area contributed by atoms with Crippen molar-refractivity contribution in [3.05, 3.63) is 22.6 Å². The molecule has 0 radical (unpaired) electrons. The second-order valence-corrected chi connectivity index (χ2v) is 3.16. The molecule has 0 saturated carbocycles. The molecular weight excluding hydrogens is 210 g/mol. The lowest BCUT2D eigenvalue weighted by Gasteiger charge is -2.06. The molecule has 6 heteroatoms. The molecule has 1 rings (SSSR count). The van der Waals surface area contributed by atoms with Crippen molar-refractivity contribution in [1.29, 1.82) is 0 Å². The zero-order chi connectivity index (χ0) is 11.8. The first-order valence-electron chi connectivity index (χ1n) is 5.09. The third-order valence-electron chi connectivity index (χ3n) is 2.04. The van der Waals surface area contributed by atoms with E-state index in [1.54, 1.807) is 20.4 Å². The average Bonchev–Trinajstić information content (AvgIpc) is 2.30. The number of aromatic nitrogens is 2. The highest BCUT2D eigenvalue weighted by Gasteiger charge is 1.98. The summed E-state index contributed by atoms with van der Waals surface area (Å²) in [6.07, 6.45) is 1.61. The molecular formula is C10H17N3O3. The topological polar surface area (TPSA) is 65.4 Å². The highest BCUT2D eigenvalue weighted by molar-refractivity contribution is 5.37. The minimum atomic E-state index is -0.137. The quantitative estimate of drug-likeness (QED) is 0.661. The minimum absolute atomic E-state index is 0.137. The van der Waals surface area contributed by atoms with Crippen LogP contribution >= 0.6 is 0 Å². The number of nitrogens with zero attached hydrogens (tertiary/aromatic N) is 2. The molecule has 0 saturated heterocycles. The summed E-state index contributed by atoms with van der Waals surface area (Å²) in [6, 6.07) is 1.50. The van der Waals surface area contributed by atoms with Crippen molar-refractivity contribution >= 4 is 5.69 Å². The Kier molecular flexibility index (Phi) is 5.52. The standard InChI is InChI=1S/C10H17N3O3/c1-11-9-7-10(14)13(12-8-9)3-4-16-6-5-15-2/h7-8,11H,3-6H2,1-2H3. The Bertz CT molecular complexity index is 365. The van der Waals surface area contributed by atoms with Gasteiger partial charge >= 0.3 is 0 Å². The van der Waals surface area contributed by atoms with Gasteiger partial charge in [-0.15, -0.1) is 0 Å². The van der Waals surface area contributed by atoms with Crippen LogP contribution in [-0.2, 0) is 16.0 Å². The zero-order valence-electron chi connectivity index (χ0n) is 9.60. The predicted molar refractivity (Wildman–Crippen MR) is 60.7 cm³/mol. The van der Waals surface area contributed by atoms with E-state index in [0.29, 0.717) is 32.1 Å². The number of rotatable bonds is 7. The van der Waals surface area contributed by atoms with Crippen LogP contribution in [-0.4, -0.2) is 43.8 Å². The molecule has 90 valence electrons. The summed E-state index contributed by atoms with van der Waals surface area (Å²) in [7, 11) is 3.36. The second-order valence-electron chi connectivity index (χ2n) is 3.16. The van der Waals surface area contributed by atoms with Gasteiger partial charge in [-0.1, -0.05) is 0 Å². The van der Waals surface area contributed by atoms with Crippen LogP contribution < -0.4 is 10.9 Å². The van der Waals surface area contributed by atoms with E-state index >= 15 is 0 Å². The molecule has 1 aromatic heterocycles. The van der Waals surface area contributed by atoms with E-state index in [4.69, 9.17) is 9.47 Å². The van der Waals surface area contributed by atoms with E-state index in [2.05, 4.69) is 10.4 Å². The van der Waals surface area contributed by atoms with Crippen LogP contribution in [0.3, 0.4) is 0 Å². The van der Waals surface area contributed by atoms with Gasteiger partial charge in [0.1, 0.15) is 0 Å². The summed E-state index contributed by atoms with van der Waals surface area (Å²) >= 11 is 0. The van der Waals surface area contributed by atoms with Gasteiger partial charge < -0.3 is 14.8 Å². The van der Waals surface area contributed by atoms with Gasteiger partial charge in [-0.3, -0.25) is 4.79 Å². The molecule has 6 nitrogen and oxygen atoms in total. The molecule has 1 N–H and O–H groups in total. The smallest absolute Gasteiger partial charge is 0.268 e. The average molecular weight is 227 g/mol. The normalized spacial score (nSPS) is 10.4. The minimum Gasteiger partial charge on any atom is -0.387 e. The fourth-order valence-corrected chi connectivity index (χ4v) is 1.13. The van der Waals surface area contributed by atoms with Gasteiger partial charge in [-0.25, -0.2) is 4.68 Å². The van der Waals surface area contributed by atoms with Crippen LogP contribution in [0.25, 0.3) is 0 Å². The lowest BCUT2D eigenvalue weighted by atomic mass is 10.4. The van der Waals surface area contributed by atoms with E-state index < -0.39 is 0 Å². The van der Waals surface area contributed by atoms with Crippen LogP contribution in [0.1, 0.15) is 0 Å². The molecule has 0 aliphatic carbocycles. The van der Waals surface area contributed by atoms with Crippen LogP contribution in [0.15, 0.2) is 17.1 Å². The fourth-order valence-electron chi connectivity index (χ4n) is 1.13. The summed E-state index contributed by atoms with van der Waals surface area (Å²) in [5.41, 5.74) is 0.573. The first kappa shape index (κ1) is 12.7. The van der Waals surface area contributed by atoms with E-state index in [1.165, 1.54) is 10.7 Å². The van der Waals surface area contributed by atoms with Gasteiger partial charge in [0.15, 0.2) is 0 Å². The van der Waals surface area contributed by atoms with E-state index in [-0.39, 0.29) is 5.56 Å². The largest absolute Gasteiger partial charge is 0.387 e. The Labute approximate surface area is 94.2 Å². The van der Waals surface area contributed by atoms with Gasteiger partial charge in [0, 0.05) is 20.2 Å². The number of nitrogens with one attached hydrogen (secondary N) is 1. The third-order valence-corrected chi connectivity index (χ3v) is 2.04. The van der Waals surface area contributed by atoms with Gasteiger partial charge in [-0.2, -0.15) is 5.10 Å². The molecule has 0 aromatic carbocycles. The van der Waals surface area contributed by atoms with Gasteiger partial charge in [0.05, 0.1) is 38.2 Å². The van der Waals surface area contributed by atoms with Crippen molar-refractivity contribution in [2.45, 2.75) is 6.54 Å². The summed E-state index contributed by atoms with van der Waals surface area (Å²) in [6.45, 7) is 1.99. The molecule has 0 bridgehead atoms. The maximum Gasteiger partial charge on any atom is 0.268 e. The molecule has 0 unspecified atom stereocenters. The van der Waals surface area contributed by atoms with E-state index in [1.807, 2.05) is 0 Å². The lowest BCUT2D eigenvalue weighted by Crippen LogP contribution is -2.24. The van der Waals surface area contributed by atoms with Crippen LogP contribution in [0.5, 0.6) is 0 Å². The van der Waals surface area contributed by atoms with Gasteiger partial charge in [0.25, 0.3) is 5.56 Å². The van der Waals surface area contributed by atoms with E-state index in [9.17, 15) is 4.79 Å². The molecule has 0 amide bonds. The van der Waals surface area contributed by atoms with E-state index in [0.717, 1.165) is 0 Å². The van der Waals surface area contributed by atoms with Crippen molar-refractivity contribution in [2.75, 3.05) is 39.3 Å². The molecule has 16 heavy (non-hydrogen) atoms. The first-order chi connectivity index (χ1) is 7.77. The molecule has 0 fully saturated rings. The summed E-state index contributed by atoms with van der Waals surface area (Å²) in [4.78, 5) is 11.5. The van der Waals surface area contributed by atoms with Crippen LogP contribution in [0, 0.1) is 0 Å². The number of hydrogen-bond donors (Lipinski definition) is 1. The molecule has 0 spiro atoms. The number of hydrogen-bond acceptors (Lipinski definition) is 5. The summed E-state index contributed by atoms with van der Waals surface area (Å²) < 4.78 is 11.4. The Morgan fingerprint density at radius 3 is 2.88 bits per heavy atom. The van der Waals surface area contributed by atoms with Gasteiger partial charge in [0.2, 0.25) is 0 Å². The number of ether oxygens (including phenoxy) is 2. The molecule has 0 aliphatic rings. The Hall–Kier alpha value is -1.40. The Balaban J connectivity index is 2.39. The van der Waals surface area contributed by atoms with Crippen LogP contribution in [0.4, 0.5) is 5.69 Å². The van der Waals surface area contributed by atoms with Crippen molar-refractivity contribution in [2.24, 2.45) is 0 Å². The zero-order valence-corrected chi connectivity index (χ0v) is 9.60. The fraction of sp³-hybridized carbons (Fsp3) is 0.600. The van der Waals surface area contributed by atoms with Crippen LogP contribution in [0.2, 0.25) is 0 Å². The highest BCUT2D eigenvalue weighted by Crippen LogP contribution is 1.96. The molecule has 1 heterocycles. The van der Waals surface area contributed by atoms with Crippen molar-refractivity contribution in [3.63, 3.8) is 0 Å². The predicted octanol–water partition coefficient (Wildman–Crippen LogP) is -0.0520. The maximum absolute atomic E-state index is 11.5. The monoisotopic (exact) mass is 227 g/mol. The lowest BCUT2D eigenvalue weighted by molar-refractivity contribution is 0.0649. The van der Waals surface area contributed by atoms with Crippen molar-refractivity contribution in [3.8, 4) is 0 Å². The SMILES string of the molecule is CNc1cnn(CCOCCOC)c(=O)c1. The first-order valence-corrected chi connectivity index (χ1v) is 5.09. The highest BCUT2D eigenvalue weighted by atomic mass is 16.5. The number of methoxy groups -OCH3 is 1. The van der Waals surface area contributed by atoms with Crippen molar-refractivity contribution < 1.29 is 9.47 Å².